The maximum Gasteiger partial charge on any atom is 0.229 e. The number of fused-ring (bicyclic) bond motifs is 1. The van der Waals surface area contributed by atoms with Gasteiger partial charge in [-0.1, -0.05) is 24.3 Å². The van der Waals surface area contributed by atoms with Crippen molar-refractivity contribution in [1.82, 2.24) is 25.1 Å². The molecule has 0 unspecified atom stereocenters. The molecular formula is C25H28FN7. The molecule has 5 rings (SSSR count). The van der Waals surface area contributed by atoms with E-state index >= 15 is 0 Å². The lowest BCUT2D eigenvalue weighted by Crippen LogP contribution is -2.27. The fraction of sp³-hybridized carbons (Fsp3) is 0.320. The van der Waals surface area contributed by atoms with Gasteiger partial charge in [-0.15, -0.1) is 0 Å². The van der Waals surface area contributed by atoms with Gasteiger partial charge >= 0.3 is 0 Å². The Hall–Kier alpha value is -3.52. The third-order valence-electron chi connectivity index (χ3n) is 6.34. The molecule has 2 aromatic carbocycles. The standard InChI is InChI=1S/C25H28FN7/c1-15-5-4-6-16(2)22(15)30-23-20-14-28-25(31-24(20)33(3)32-23)29-18-7-8-19(21(26)13-18)17-9-11-27-12-10-17/h4-8,13-14,17,27H,9-12H2,1-3H3,(H,30,32)(H,28,29,31). The van der Waals surface area contributed by atoms with Gasteiger partial charge in [0.2, 0.25) is 5.95 Å². The fourth-order valence-corrected chi connectivity index (χ4v) is 4.52. The number of aromatic nitrogens is 4. The number of halogens is 1. The Labute approximate surface area is 192 Å². The lowest BCUT2D eigenvalue weighted by molar-refractivity contribution is 0.445. The van der Waals surface area contributed by atoms with E-state index in [0.717, 1.165) is 53.7 Å². The molecule has 3 N–H and O–H groups in total. The monoisotopic (exact) mass is 445 g/mol. The number of anilines is 4. The first-order valence-electron chi connectivity index (χ1n) is 11.3. The molecule has 0 radical (unpaired) electrons. The Kier molecular flexibility index (Phi) is 5.68. The number of nitrogens with zero attached hydrogens (tertiary/aromatic N) is 4. The Morgan fingerprint density at radius 2 is 1.82 bits per heavy atom. The molecule has 33 heavy (non-hydrogen) atoms. The van der Waals surface area contributed by atoms with Crippen molar-refractivity contribution in [2.75, 3.05) is 23.7 Å². The molecule has 2 aromatic heterocycles. The Morgan fingerprint density at radius 3 is 2.55 bits per heavy atom. The van der Waals surface area contributed by atoms with Gasteiger partial charge in [0.1, 0.15) is 5.82 Å². The molecule has 8 heteroatoms. The van der Waals surface area contributed by atoms with Crippen LogP contribution in [0.4, 0.5) is 27.5 Å². The van der Waals surface area contributed by atoms with E-state index in [-0.39, 0.29) is 11.7 Å². The van der Waals surface area contributed by atoms with Crippen molar-refractivity contribution in [3.63, 3.8) is 0 Å². The highest BCUT2D eigenvalue weighted by molar-refractivity contribution is 5.90. The lowest BCUT2D eigenvalue weighted by Gasteiger charge is -2.23. The van der Waals surface area contributed by atoms with Gasteiger partial charge in [-0.25, -0.2) is 14.1 Å². The van der Waals surface area contributed by atoms with Crippen LogP contribution in [0.25, 0.3) is 11.0 Å². The zero-order chi connectivity index (χ0) is 22.9. The van der Waals surface area contributed by atoms with Crippen LogP contribution in [0.15, 0.2) is 42.6 Å². The summed E-state index contributed by atoms with van der Waals surface area (Å²) in [5, 5.41) is 15.3. The van der Waals surface area contributed by atoms with Crippen molar-refractivity contribution in [1.29, 1.82) is 0 Å². The minimum absolute atomic E-state index is 0.186. The minimum Gasteiger partial charge on any atom is -0.338 e. The second-order valence-electron chi connectivity index (χ2n) is 8.68. The Balaban J connectivity index is 1.39. The number of hydrogen-bond acceptors (Lipinski definition) is 6. The van der Waals surface area contributed by atoms with E-state index < -0.39 is 0 Å². The molecule has 170 valence electrons. The summed E-state index contributed by atoms with van der Waals surface area (Å²) in [6.45, 7) is 5.99. The molecule has 3 heterocycles. The molecule has 0 atom stereocenters. The first-order valence-corrected chi connectivity index (χ1v) is 11.3. The van der Waals surface area contributed by atoms with Crippen LogP contribution >= 0.6 is 0 Å². The zero-order valence-electron chi connectivity index (χ0n) is 19.1. The summed E-state index contributed by atoms with van der Waals surface area (Å²) in [5.74, 6) is 1.19. The summed E-state index contributed by atoms with van der Waals surface area (Å²) in [5.41, 5.74) is 5.41. The third kappa shape index (κ3) is 4.26. The van der Waals surface area contributed by atoms with Gasteiger partial charge in [0.25, 0.3) is 0 Å². The first-order chi connectivity index (χ1) is 16.0. The molecule has 1 fully saturated rings. The summed E-state index contributed by atoms with van der Waals surface area (Å²) in [7, 11) is 1.85. The predicted octanol–water partition coefficient (Wildman–Crippen LogP) is 5.07. The van der Waals surface area contributed by atoms with Crippen molar-refractivity contribution in [2.24, 2.45) is 7.05 Å². The highest BCUT2D eigenvalue weighted by Gasteiger charge is 2.19. The lowest BCUT2D eigenvalue weighted by atomic mass is 9.90. The second kappa shape index (κ2) is 8.78. The van der Waals surface area contributed by atoms with E-state index in [1.165, 1.54) is 6.07 Å². The topological polar surface area (TPSA) is 79.7 Å². The van der Waals surface area contributed by atoms with E-state index in [1.54, 1.807) is 10.9 Å². The number of nitrogens with one attached hydrogen (secondary N) is 3. The van der Waals surface area contributed by atoms with E-state index in [0.29, 0.717) is 23.1 Å². The first kappa shape index (κ1) is 21.3. The van der Waals surface area contributed by atoms with Crippen LogP contribution in [0.5, 0.6) is 0 Å². The van der Waals surface area contributed by atoms with Crippen LogP contribution in [0, 0.1) is 19.7 Å². The summed E-state index contributed by atoms with van der Waals surface area (Å²) >= 11 is 0. The van der Waals surface area contributed by atoms with E-state index in [9.17, 15) is 4.39 Å². The summed E-state index contributed by atoms with van der Waals surface area (Å²) in [6.07, 6.45) is 3.66. The molecule has 4 aromatic rings. The number of hydrogen-bond donors (Lipinski definition) is 3. The molecule has 1 aliphatic heterocycles. The molecule has 0 saturated carbocycles. The van der Waals surface area contributed by atoms with Crippen molar-refractivity contribution < 1.29 is 4.39 Å². The molecule has 0 bridgehead atoms. The smallest absolute Gasteiger partial charge is 0.229 e. The number of benzene rings is 2. The van der Waals surface area contributed by atoms with Crippen LogP contribution in [0.3, 0.4) is 0 Å². The van der Waals surface area contributed by atoms with Gasteiger partial charge in [0, 0.05) is 24.6 Å². The Bertz CT molecular complexity index is 1290. The van der Waals surface area contributed by atoms with Crippen LogP contribution in [0.1, 0.15) is 35.4 Å². The molecule has 0 spiro atoms. The van der Waals surface area contributed by atoms with E-state index in [4.69, 9.17) is 0 Å². The maximum atomic E-state index is 14.8. The second-order valence-corrected chi connectivity index (χ2v) is 8.68. The highest BCUT2D eigenvalue weighted by atomic mass is 19.1. The number of para-hydroxylation sites is 1. The normalized spacial score (nSPS) is 14.5. The highest BCUT2D eigenvalue weighted by Crippen LogP contribution is 2.31. The number of rotatable bonds is 5. The van der Waals surface area contributed by atoms with Crippen molar-refractivity contribution >= 4 is 34.2 Å². The van der Waals surface area contributed by atoms with Gasteiger partial charge in [-0.3, -0.25) is 0 Å². The molecule has 0 amide bonds. The molecule has 0 aliphatic carbocycles. The van der Waals surface area contributed by atoms with E-state index in [2.05, 4.69) is 57.0 Å². The average Bonchev–Trinajstić information content (AvgIpc) is 3.12. The quantitative estimate of drug-likeness (QED) is 0.398. The van der Waals surface area contributed by atoms with Gasteiger partial charge < -0.3 is 16.0 Å². The van der Waals surface area contributed by atoms with Crippen molar-refractivity contribution in [3.05, 3.63) is 65.1 Å². The van der Waals surface area contributed by atoms with Gasteiger partial charge in [-0.05, 0) is 74.5 Å². The number of piperidine rings is 1. The van der Waals surface area contributed by atoms with Crippen molar-refractivity contribution in [3.8, 4) is 0 Å². The molecular weight excluding hydrogens is 417 g/mol. The predicted molar refractivity (Wildman–Crippen MR) is 130 cm³/mol. The minimum atomic E-state index is -0.186. The van der Waals surface area contributed by atoms with Gasteiger partial charge in [0.05, 0.1) is 5.39 Å². The average molecular weight is 446 g/mol. The van der Waals surface area contributed by atoms with Crippen LogP contribution in [-0.4, -0.2) is 32.8 Å². The largest absolute Gasteiger partial charge is 0.338 e. The molecule has 7 nitrogen and oxygen atoms in total. The summed E-state index contributed by atoms with van der Waals surface area (Å²) < 4.78 is 16.5. The molecule has 1 aliphatic rings. The third-order valence-corrected chi connectivity index (χ3v) is 6.34. The zero-order valence-corrected chi connectivity index (χ0v) is 19.1. The van der Waals surface area contributed by atoms with Gasteiger partial charge in [0.15, 0.2) is 11.5 Å². The summed E-state index contributed by atoms with van der Waals surface area (Å²) in [6, 6.07) is 11.5. The maximum absolute atomic E-state index is 14.8. The molecule has 1 saturated heterocycles. The van der Waals surface area contributed by atoms with Gasteiger partial charge in [-0.2, -0.15) is 10.1 Å². The van der Waals surface area contributed by atoms with Crippen LogP contribution in [0.2, 0.25) is 0 Å². The van der Waals surface area contributed by atoms with Crippen LogP contribution < -0.4 is 16.0 Å². The van der Waals surface area contributed by atoms with Crippen LogP contribution in [-0.2, 0) is 7.05 Å². The fourth-order valence-electron chi connectivity index (χ4n) is 4.52. The summed E-state index contributed by atoms with van der Waals surface area (Å²) in [4.78, 5) is 9.08. The van der Waals surface area contributed by atoms with E-state index in [1.807, 2.05) is 25.2 Å². The van der Waals surface area contributed by atoms with Crippen molar-refractivity contribution in [2.45, 2.75) is 32.6 Å². The SMILES string of the molecule is Cc1cccc(C)c1Nc1nn(C)c2nc(Nc3ccc(C4CCNCC4)c(F)c3)ncc12. The Morgan fingerprint density at radius 1 is 1.06 bits per heavy atom. The number of aryl methyl sites for hydroxylation is 3.